The van der Waals surface area contributed by atoms with Gasteiger partial charge in [0, 0.05) is 0 Å². The van der Waals surface area contributed by atoms with Crippen LogP contribution < -0.4 is 10.2 Å². The normalized spacial score (nSPS) is 11.8. The number of nitrogens with zero attached hydrogens (tertiary/aromatic N) is 1. The summed E-state index contributed by atoms with van der Waals surface area (Å²) in [4.78, 5) is 11.9. The summed E-state index contributed by atoms with van der Waals surface area (Å²) in [5.74, 6) is 0.433. The van der Waals surface area contributed by atoms with Crippen molar-refractivity contribution < 1.29 is 22.7 Å². The third-order valence-electron chi connectivity index (χ3n) is 3.79. The second kappa shape index (κ2) is 8.70. The van der Waals surface area contributed by atoms with Gasteiger partial charge < -0.3 is 4.74 Å². The number of benzene rings is 2. The van der Waals surface area contributed by atoms with E-state index in [1.165, 1.54) is 18.3 Å². The number of carbonyl (C=O) groups excluding carboxylic acids is 1. The van der Waals surface area contributed by atoms with Gasteiger partial charge in [-0.2, -0.15) is 18.3 Å². The fourth-order valence-electron chi connectivity index (χ4n) is 2.36. The van der Waals surface area contributed by atoms with Crippen LogP contribution in [0.15, 0.2) is 47.6 Å². The van der Waals surface area contributed by atoms with Crippen LogP contribution in [-0.2, 0) is 11.0 Å². The van der Waals surface area contributed by atoms with Gasteiger partial charge in [-0.1, -0.05) is 38.1 Å². The van der Waals surface area contributed by atoms with Gasteiger partial charge in [0.1, 0.15) is 5.75 Å². The van der Waals surface area contributed by atoms with Crippen molar-refractivity contribution in [2.24, 2.45) is 5.10 Å². The summed E-state index contributed by atoms with van der Waals surface area (Å²) in [6, 6.07) is 10.3. The van der Waals surface area contributed by atoms with Crippen molar-refractivity contribution in [2.45, 2.75) is 32.9 Å². The quantitative estimate of drug-likeness (QED) is 0.587. The highest BCUT2D eigenvalue weighted by atomic mass is 19.4. The van der Waals surface area contributed by atoms with Crippen molar-refractivity contribution >= 4 is 12.1 Å². The molecule has 0 fully saturated rings. The molecule has 1 N–H and O–H groups in total. The Kier molecular flexibility index (Phi) is 6.60. The Morgan fingerprint density at radius 3 is 2.44 bits per heavy atom. The molecular weight excluding hydrogens is 357 g/mol. The molecule has 2 aromatic carbocycles. The summed E-state index contributed by atoms with van der Waals surface area (Å²) >= 11 is 0. The first-order valence-corrected chi connectivity index (χ1v) is 8.39. The van der Waals surface area contributed by atoms with E-state index >= 15 is 0 Å². The summed E-state index contributed by atoms with van der Waals surface area (Å²) in [5.41, 5.74) is 4.01. The van der Waals surface area contributed by atoms with Crippen molar-refractivity contribution in [1.82, 2.24) is 5.43 Å². The molecule has 0 spiro atoms. The SMILES string of the molecule is Cc1ccc(C(C)C)c(OCC(=O)NN=Cc2ccc(C(F)(F)F)cc2)c1. The molecule has 4 nitrogen and oxygen atoms in total. The fraction of sp³-hybridized carbons (Fsp3) is 0.300. The maximum absolute atomic E-state index is 12.5. The first-order valence-electron chi connectivity index (χ1n) is 8.39. The molecule has 7 heteroatoms. The predicted molar refractivity (Wildman–Crippen MR) is 97.9 cm³/mol. The van der Waals surface area contributed by atoms with Gasteiger partial charge >= 0.3 is 6.18 Å². The highest BCUT2D eigenvalue weighted by Crippen LogP contribution is 2.29. The van der Waals surface area contributed by atoms with Crippen molar-refractivity contribution in [1.29, 1.82) is 0 Å². The summed E-state index contributed by atoms with van der Waals surface area (Å²) in [6.45, 7) is 5.79. The molecule has 0 atom stereocenters. The maximum atomic E-state index is 12.5. The molecule has 0 radical (unpaired) electrons. The van der Waals surface area contributed by atoms with Crippen molar-refractivity contribution in [3.05, 3.63) is 64.7 Å². The van der Waals surface area contributed by atoms with E-state index < -0.39 is 17.6 Å². The minimum atomic E-state index is -4.38. The molecule has 144 valence electrons. The van der Waals surface area contributed by atoms with Crippen LogP contribution in [0.1, 0.15) is 42.0 Å². The lowest BCUT2D eigenvalue weighted by Crippen LogP contribution is -2.25. The third-order valence-corrected chi connectivity index (χ3v) is 3.79. The number of ether oxygens (including phenoxy) is 1. The minimum absolute atomic E-state index is 0.215. The molecule has 1 amide bonds. The Morgan fingerprint density at radius 2 is 1.85 bits per heavy atom. The van der Waals surface area contributed by atoms with Crippen molar-refractivity contribution in [2.75, 3.05) is 6.61 Å². The molecule has 0 unspecified atom stereocenters. The molecule has 0 bridgehead atoms. The zero-order chi connectivity index (χ0) is 20.0. The lowest BCUT2D eigenvalue weighted by molar-refractivity contribution is -0.137. The van der Waals surface area contributed by atoms with Gasteiger partial charge in [0.2, 0.25) is 0 Å². The van der Waals surface area contributed by atoms with Crippen LogP contribution in [0.25, 0.3) is 0 Å². The number of nitrogens with one attached hydrogen (secondary N) is 1. The number of amides is 1. The van der Waals surface area contributed by atoms with Gasteiger partial charge in [0.15, 0.2) is 6.61 Å². The van der Waals surface area contributed by atoms with Crippen LogP contribution >= 0.6 is 0 Å². The monoisotopic (exact) mass is 378 g/mol. The van der Waals surface area contributed by atoms with Gasteiger partial charge in [-0.05, 0) is 47.7 Å². The average molecular weight is 378 g/mol. The number of aryl methyl sites for hydroxylation is 1. The highest BCUT2D eigenvalue weighted by molar-refractivity contribution is 5.83. The van der Waals surface area contributed by atoms with Crippen LogP contribution in [0.5, 0.6) is 5.75 Å². The zero-order valence-electron chi connectivity index (χ0n) is 15.3. The molecule has 0 saturated heterocycles. The van der Waals surface area contributed by atoms with Crippen molar-refractivity contribution in [3.8, 4) is 5.75 Å². The van der Waals surface area contributed by atoms with Gasteiger partial charge in [0.05, 0.1) is 11.8 Å². The lowest BCUT2D eigenvalue weighted by Gasteiger charge is -2.14. The Morgan fingerprint density at radius 1 is 1.19 bits per heavy atom. The van der Waals surface area contributed by atoms with Gasteiger partial charge in [0.25, 0.3) is 5.91 Å². The first kappa shape index (κ1) is 20.5. The highest BCUT2D eigenvalue weighted by Gasteiger charge is 2.29. The van der Waals surface area contributed by atoms with E-state index in [9.17, 15) is 18.0 Å². The Balaban J connectivity index is 1.90. The summed E-state index contributed by atoms with van der Waals surface area (Å²) in [5, 5.41) is 3.73. The molecule has 27 heavy (non-hydrogen) atoms. The molecule has 0 aliphatic rings. The largest absolute Gasteiger partial charge is 0.483 e. The molecule has 0 aromatic heterocycles. The summed E-state index contributed by atoms with van der Waals surface area (Å²) in [6.07, 6.45) is -3.11. The minimum Gasteiger partial charge on any atom is -0.483 e. The summed E-state index contributed by atoms with van der Waals surface area (Å²) < 4.78 is 43.1. The second-order valence-corrected chi connectivity index (χ2v) is 6.40. The molecule has 2 rings (SSSR count). The lowest BCUT2D eigenvalue weighted by atomic mass is 10.0. The topological polar surface area (TPSA) is 50.7 Å². The molecular formula is C20H21F3N2O2. The number of rotatable bonds is 6. The van der Waals surface area contributed by atoms with Gasteiger partial charge in [-0.3, -0.25) is 4.79 Å². The predicted octanol–water partition coefficient (Wildman–Crippen LogP) is 4.67. The average Bonchev–Trinajstić information content (AvgIpc) is 2.59. The van der Waals surface area contributed by atoms with E-state index in [0.29, 0.717) is 11.3 Å². The molecule has 0 aliphatic heterocycles. The Labute approximate surface area is 156 Å². The number of carbonyl (C=O) groups is 1. The number of hydrogen-bond acceptors (Lipinski definition) is 3. The third kappa shape index (κ3) is 6.13. The van der Waals surface area contributed by atoms with Crippen LogP contribution in [-0.4, -0.2) is 18.7 Å². The van der Waals surface area contributed by atoms with Gasteiger partial charge in [-0.25, -0.2) is 5.43 Å². The van der Waals surface area contributed by atoms with E-state index in [1.54, 1.807) is 0 Å². The van der Waals surface area contributed by atoms with E-state index in [4.69, 9.17) is 4.74 Å². The fourth-order valence-corrected chi connectivity index (χ4v) is 2.36. The number of hydrazone groups is 1. The smallest absolute Gasteiger partial charge is 0.416 e. The van der Waals surface area contributed by atoms with E-state index in [1.807, 2.05) is 39.0 Å². The van der Waals surface area contributed by atoms with Crippen LogP contribution in [0, 0.1) is 6.92 Å². The maximum Gasteiger partial charge on any atom is 0.416 e. The number of hydrogen-bond donors (Lipinski definition) is 1. The zero-order valence-corrected chi connectivity index (χ0v) is 15.3. The molecule has 0 heterocycles. The van der Waals surface area contributed by atoms with Gasteiger partial charge in [-0.15, -0.1) is 0 Å². The molecule has 0 saturated carbocycles. The number of alkyl halides is 3. The van der Waals surface area contributed by atoms with Crippen LogP contribution in [0.4, 0.5) is 13.2 Å². The van der Waals surface area contributed by atoms with Crippen molar-refractivity contribution in [3.63, 3.8) is 0 Å². The van der Waals surface area contributed by atoms with E-state index in [-0.39, 0.29) is 12.5 Å². The van der Waals surface area contributed by atoms with Crippen LogP contribution in [0.2, 0.25) is 0 Å². The Hall–Kier alpha value is -2.83. The van der Waals surface area contributed by atoms with Crippen LogP contribution in [0.3, 0.4) is 0 Å². The number of halogens is 3. The Bertz CT molecular complexity index is 813. The molecule has 2 aromatic rings. The van der Waals surface area contributed by atoms with E-state index in [2.05, 4.69) is 10.5 Å². The first-order chi connectivity index (χ1) is 12.7. The summed E-state index contributed by atoms with van der Waals surface area (Å²) in [7, 11) is 0. The molecule has 0 aliphatic carbocycles. The standard InChI is InChI=1S/C20H21F3N2O2/c1-13(2)17-9-4-14(3)10-18(17)27-12-19(26)25-24-11-15-5-7-16(8-6-15)20(21,22)23/h4-11,13H,12H2,1-3H3,(H,25,26). The van der Waals surface area contributed by atoms with E-state index in [0.717, 1.165) is 23.3 Å². The second-order valence-electron chi connectivity index (χ2n) is 6.40.